The maximum Gasteiger partial charge on any atom is 0.416 e. The van der Waals surface area contributed by atoms with Crippen molar-refractivity contribution in [1.82, 2.24) is 19.7 Å². The molecule has 0 aliphatic heterocycles. The van der Waals surface area contributed by atoms with Crippen LogP contribution in [0.4, 0.5) is 17.6 Å². The molecule has 0 radical (unpaired) electrons. The van der Waals surface area contributed by atoms with Crippen molar-refractivity contribution in [3.63, 3.8) is 0 Å². The van der Waals surface area contributed by atoms with Gasteiger partial charge in [0, 0.05) is 30.4 Å². The molecule has 0 unspecified atom stereocenters. The molecule has 0 fully saturated rings. The van der Waals surface area contributed by atoms with Crippen LogP contribution in [0.5, 0.6) is 0 Å². The number of fused-ring (bicyclic) bond motifs is 1. The molecule has 4 nitrogen and oxygen atoms in total. The molecule has 0 saturated carbocycles. The van der Waals surface area contributed by atoms with E-state index < -0.39 is 17.6 Å². The summed E-state index contributed by atoms with van der Waals surface area (Å²) in [7, 11) is 1.72. The summed E-state index contributed by atoms with van der Waals surface area (Å²) in [6.45, 7) is 0. The second-order valence-electron chi connectivity index (χ2n) is 6.01. The summed E-state index contributed by atoms with van der Waals surface area (Å²) in [6, 6.07) is 7.94. The number of nitrogens with zero attached hydrogens (tertiary/aromatic N) is 4. The first-order chi connectivity index (χ1) is 12.8. The van der Waals surface area contributed by atoms with Crippen LogP contribution in [0.3, 0.4) is 0 Å². The van der Waals surface area contributed by atoms with Gasteiger partial charge in [-0.15, -0.1) is 0 Å². The van der Waals surface area contributed by atoms with Crippen molar-refractivity contribution in [2.45, 2.75) is 6.18 Å². The van der Waals surface area contributed by atoms with Crippen molar-refractivity contribution >= 4 is 10.9 Å². The lowest BCUT2D eigenvalue weighted by atomic mass is 9.99. The monoisotopic (exact) mass is 372 g/mol. The molecule has 0 aliphatic rings. The van der Waals surface area contributed by atoms with E-state index >= 15 is 0 Å². The second-order valence-corrected chi connectivity index (χ2v) is 6.01. The van der Waals surface area contributed by atoms with Crippen LogP contribution in [0.25, 0.3) is 33.4 Å². The lowest BCUT2D eigenvalue weighted by Gasteiger charge is -2.10. The van der Waals surface area contributed by atoms with E-state index in [9.17, 15) is 17.6 Å². The van der Waals surface area contributed by atoms with Gasteiger partial charge in [0.15, 0.2) is 0 Å². The molecule has 0 bridgehead atoms. The van der Waals surface area contributed by atoms with Crippen LogP contribution >= 0.6 is 0 Å². The number of hydrogen-bond acceptors (Lipinski definition) is 3. The molecule has 4 aromatic rings. The Bertz CT molecular complexity index is 1130. The van der Waals surface area contributed by atoms with Crippen LogP contribution in [0.1, 0.15) is 5.56 Å². The Morgan fingerprint density at radius 3 is 2.48 bits per heavy atom. The first kappa shape index (κ1) is 17.1. The topological polar surface area (TPSA) is 43.6 Å². The van der Waals surface area contributed by atoms with Gasteiger partial charge < -0.3 is 0 Å². The van der Waals surface area contributed by atoms with Crippen molar-refractivity contribution in [2.24, 2.45) is 7.05 Å². The third-order valence-electron chi connectivity index (χ3n) is 4.16. The number of hydrogen-bond donors (Lipinski definition) is 0. The summed E-state index contributed by atoms with van der Waals surface area (Å²) in [5, 5.41) is 4.94. The Hall–Kier alpha value is -3.29. The van der Waals surface area contributed by atoms with E-state index in [-0.39, 0.29) is 5.52 Å². The van der Waals surface area contributed by atoms with Crippen LogP contribution < -0.4 is 0 Å². The zero-order valence-corrected chi connectivity index (χ0v) is 14.0. The lowest BCUT2D eigenvalue weighted by molar-refractivity contribution is -0.137. The van der Waals surface area contributed by atoms with Crippen molar-refractivity contribution < 1.29 is 17.6 Å². The van der Waals surface area contributed by atoms with Crippen LogP contribution in [0.15, 0.2) is 55.0 Å². The summed E-state index contributed by atoms with van der Waals surface area (Å²) in [4.78, 5) is 8.13. The molecule has 0 spiro atoms. The van der Waals surface area contributed by atoms with Gasteiger partial charge in [-0.2, -0.15) is 18.3 Å². The summed E-state index contributed by atoms with van der Waals surface area (Å²) >= 11 is 0. The second kappa shape index (κ2) is 6.15. The number of benzene rings is 1. The predicted octanol–water partition coefficient (Wildman–Crippen LogP) is 4.86. The average molecular weight is 372 g/mol. The fourth-order valence-corrected chi connectivity index (χ4v) is 2.95. The summed E-state index contributed by atoms with van der Waals surface area (Å²) < 4.78 is 53.7. The first-order valence-electron chi connectivity index (χ1n) is 7.95. The van der Waals surface area contributed by atoms with E-state index in [1.54, 1.807) is 24.0 Å². The van der Waals surface area contributed by atoms with E-state index in [4.69, 9.17) is 0 Å². The highest BCUT2D eigenvalue weighted by atomic mass is 19.4. The van der Waals surface area contributed by atoms with E-state index in [2.05, 4.69) is 15.1 Å². The van der Waals surface area contributed by atoms with Gasteiger partial charge in [-0.05, 0) is 35.9 Å². The molecule has 8 heteroatoms. The molecule has 3 aromatic heterocycles. The molecular weight excluding hydrogens is 360 g/mol. The minimum Gasteiger partial charge on any atom is -0.274 e. The number of aryl methyl sites for hydroxylation is 1. The number of alkyl halides is 3. The third-order valence-corrected chi connectivity index (χ3v) is 4.16. The molecule has 27 heavy (non-hydrogen) atoms. The Kier molecular flexibility index (Phi) is 3.91. The van der Waals surface area contributed by atoms with E-state index in [1.807, 2.05) is 0 Å². The van der Waals surface area contributed by atoms with Crippen molar-refractivity contribution in [3.8, 4) is 22.5 Å². The highest BCUT2D eigenvalue weighted by Gasteiger charge is 2.30. The molecule has 136 valence electrons. The normalized spacial score (nSPS) is 11.9. The number of rotatable bonds is 2. The number of pyridine rings is 2. The summed E-state index contributed by atoms with van der Waals surface area (Å²) in [6.07, 6.45) is -0.156. The third kappa shape index (κ3) is 3.14. The molecule has 4 rings (SSSR count). The first-order valence-corrected chi connectivity index (χ1v) is 7.95. The molecular formula is C19H12F4N4. The predicted molar refractivity (Wildman–Crippen MR) is 92.1 cm³/mol. The molecule has 1 aromatic carbocycles. The SMILES string of the molecule is Cn1cc(-c2ccnc3cc(C(F)(F)F)ccc23)c(-c2ccc(F)cn2)n1. The van der Waals surface area contributed by atoms with Gasteiger partial charge in [-0.1, -0.05) is 6.07 Å². The maximum absolute atomic E-state index is 13.2. The fourth-order valence-electron chi connectivity index (χ4n) is 2.95. The van der Waals surface area contributed by atoms with Gasteiger partial charge in [0.05, 0.1) is 23.0 Å². The highest BCUT2D eigenvalue weighted by Crippen LogP contribution is 2.36. The van der Waals surface area contributed by atoms with E-state index in [0.717, 1.165) is 18.3 Å². The largest absolute Gasteiger partial charge is 0.416 e. The smallest absolute Gasteiger partial charge is 0.274 e. The van der Waals surface area contributed by atoms with E-state index in [0.29, 0.717) is 27.9 Å². The van der Waals surface area contributed by atoms with Crippen molar-refractivity contribution in [3.05, 3.63) is 66.4 Å². The van der Waals surface area contributed by atoms with Gasteiger partial charge in [0.25, 0.3) is 0 Å². The van der Waals surface area contributed by atoms with E-state index in [1.165, 1.54) is 24.4 Å². The zero-order valence-electron chi connectivity index (χ0n) is 14.0. The van der Waals surface area contributed by atoms with Crippen LogP contribution in [0, 0.1) is 5.82 Å². The quantitative estimate of drug-likeness (QED) is 0.472. The van der Waals surface area contributed by atoms with Crippen LogP contribution in [0.2, 0.25) is 0 Å². The molecule has 0 atom stereocenters. The van der Waals surface area contributed by atoms with Gasteiger partial charge in [-0.25, -0.2) is 4.39 Å². The zero-order chi connectivity index (χ0) is 19.2. The maximum atomic E-state index is 13.2. The summed E-state index contributed by atoms with van der Waals surface area (Å²) in [5.74, 6) is -0.467. The lowest BCUT2D eigenvalue weighted by Crippen LogP contribution is -2.04. The average Bonchev–Trinajstić information content (AvgIpc) is 3.02. The van der Waals surface area contributed by atoms with Gasteiger partial charge >= 0.3 is 6.18 Å². The number of halogens is 4. The van der Waals surface area contributed by atoms with Gasteiger partial charge in [0.1, 0.15) is 11.5 Å². The Morgan fingerprint density at radius 2 is 1.78 bits per heavy atom. The Labute approximate surface area is 151 Å². The molecule has 0 N–H and O–H groups in total. The van der Waals surface area contributed by atoms with Crippen LogP contribution in [-0.4, -0.2) is 19.7 Å². The minimum atomic E-state index is -4.44. The molecule has 0 saturated heterocycles. The molecule has 0 aliphatic carbocycles. The standard InChI is InChI=1S/C19H12F4N4/c1-27-10-15(18(26-27)16-5-3-12(20)9-25-16)13-6-7-24-17-8-11(19(21,22)23)2-4-14(13)17/h2-10H,1H3. The van der Waals surface area contributed by atoms with Gasteiger partial charge in [0.2, 0.25) is 0 Å². The molecule has 0 amide bonds. The molecule has 3 heterocycles. The Morgan fingerprint density at radius 1 is 0.963 bits per heavy atom. The fraction of sp³-hybridized carbons (Fsp3) is 0.105. The highest BCUT2D eigenvalue weighted by molar-refractivity contribution is 5.97. The minimum absolute atomic E-state index is 0.226. The van der Waals surface area contributed by atoms with Crippen molar-refractivity contribution in [2.75, 3.05) is 0 Å². The summed E-state index contributed by atoms with van der Waals surface area (Å²) in [5.41, 5.74) is 1.77. The Balaban J connectivity index is 1.92. The van der Waals surface area contributed by atoms with Gasteiger partial charge in [-0.3, -0.25) is 14.6 Å². The number of aromatic nitrogens is 4. The van der Waals surface area contributed by atoms with Crippen molar-refractivity contribution in [1.29, 1.82) is 0 Å². The van der Waals surface area contributed by atoms with Crippen LogP contribution in [-0.2, 0) is 13.2 Å².